The summed E-state index contributed by atoms with van der Waals surface area (Å²) in [7, 11) is 0. The van der Waals surface area contributed by atoms with E-state index in [2.05, 4.69) is 203 Å². The van der Waals surface area contributed by atoms with Crippen molar-refractivity contribution in [2.24, 2.45) is 0 Å². The maximum absolute atomic E-state index is 6.18. The molecule has 3 heteroatoms. The number of rotatable bonds is 5. The Labute approximate surface area is 356 Å². The Hall–Kier alpha value is -7.62. The van der Waals surface area contributed by atoms with Crippen LogP contribution in [0.15, 0.2) is 211 Å². The SMILES string of the molecule is CC.CC.c1ccc(-c2ccc(-c3ccccc3-n3c4ccccc4c4cc(-c5ccc6c(c5)c5ccccc5n6-c5ccc6oc7ccccc7c6c5)ccc43)cc2)cc1. The molecular formula is C58H46N2O. The molecule has 12 aromatic rings. The predicted octanol–water partition coefficient (Wildman–Crippen LogP) is 16.8. The van der Waals surface area contributed by atoms with Gasteiger partial charge in [0, 0.05) is 43.6 Å². The minimum Gasteiger partial charge on any atom is -0.456 e. The Kier molecular flexibility index (Phi) is 9.78. The standard InChI is InChI=1S/C54H34N2O.2C2H6/c1-2-12-35(13-3-1)36-22-24-37(25-23-36)41-14-4-8-18-48(41)56-50-20-10-6-16-43(50)46-33-39(27-30-52(46)56)38-26-29-51-45(32-38)42-15-5-9-19-49(42)55(51)40-28-31-54-47(34-40)44-17-7-11-21-53(44)57-54;2*1-2/h1-34H;2*1-2H3. The minimum absolute atomic E-state index is 0.903. The predicted molar refractivity (Wildman–Crippen MR) is 261 cm³/mol. The third-order valence-corrected chi connectivity index (χ3v) is 11.7. The third-order valence-electron chi connectivity index (χ3n) is 11.7. The zero-order chi connectivity index (χ0) is 41.5. The van der Waals surface area contributed by atoms with Gasteiger partial charge in [-0.3, -0.25) is 0 Å². The fourth-order valence-electron chi connectivity index (χ4n) is 9.08. The van der Waals surface area contributed by atoms with Crippen LogP contribution in [0.1, 0.15) is 27.7 Å². The van der Waals surface area contributed by atoms with Crippen molar-refractivity contribution in [3.63, 3.8) is 0 Å². The molecule has 0 unspecified atom stereocenters. The van der Waals surface area contributed by atoms with E-state index in [1.165, 1.54) is 82.7 Å². The van der Waals surface area contributed by atoms with Crippen molar-refractivity contribution >= 4 is 65.6 Å². The van der Waals surface area contributed by atoms with Crippen LogP contribution in [0.2, 0.25) is 0 Å². The van der Waals surface area contributed by atoms with Crippen molar-refractivity contribution in [3.05, 3.63) is 206 Å². The number of fused-ring (bicyclic) bond motifs is 9. The lowest BCUT2D eigenvalue weighted by Crippen LogP contribution is -1.97. The smallest absolute Gasteiger partial charge is 0.135 e. The lowest BCUT2D eigenvalue weighted by atomic mass is 9.99. The van der Waals surface area contributed by atoms with Crippen LogP contribution in [0.3, 0.4) is 0 Å². The highest BCUT2D eigenvalue weighted by molar-refractivity contribution is 6.13. The first-order chi connectivity index (χ1) is 30.3. The van der Waals surface area contributed by atoms with Gasteiger partial charge in [-0.15, -0.1) is 0 Å². The summed E-state index contributed by atoms with van der Waals surface area (Å²) in [6.07, 6.45) is 0. The van der Waals surface area contributed by atoms with Gasteiger partial charge in [0.1, 0.15) is 11.2 Å². The monoisotopic (exact) mass is 786 g/mol. The van der Waals surface area contributed by atoms with Crippen LogP contribution in [0.4, 0.5) is 0 Å². The maximum atomic E-state index is 6.18. The Morgan fingerprint density at radius 1 is 0.295 bits per heavy atom. The molecule has 0 saturated heterocycles. The largest absolute Gasteiger partial charge is 0.456 e. The van der Waals surface area contributed by atoms with Gasteiger partial charge in [0.25, 0.3) is 0 Å². The molecule has 0 spiro atoms. The molecular weight excluding hydrogens is 741 g/mol. The molecule has 3 aromatic heterocycles. The molecule has 9 aromatic carbocycles. The average Bonchev–Trinajstić information content (AvgIpc) is 4.00. The molecule has 0 fully saturated rings. The van der Waals surface area contributed by atoms with Gasteiger partial charge in [0.05, 0.1) is 27.8 Å². The van der Waals surface area contributed by atoms with Crippen LogP contribution in [0.5, 0.6) is 0 Å². The number of aromatic nitrogens is 2. The van der Waals surface area contributed by atoms with E-state index in [1.54, 1.807) is 0 Å². The maximum Gasteiger partial charge on any atom is 0.135 e. The fourth-order valence-corrected chi connectivity index (χ4v) is 9.08. The quantitative estimate of drug-likeness (QED) is 0.170. The van der Waals surface area contributed by atoms with Gasteiger partial charge in [-0.2, -0.15) is 0 Å². The molecule has 3 nitrogen and oxygen atoms in total. The van der Waals surface area contributed by atoms with Crippen molar-refractivity contribution in [2.45, 2.75) is 27.7 Å². The van der Waals surface area contributed by atoms with Gasteiger partial charge >= 0.3 is 0 Å². The molecule has 0 aliphatic heterocycles. The number of hydrogen-bond acceptors (Lipinski definition) is 1. The first kappa shape index (κ1) is 37.6. The Bertz CT molecular complexity index is 3510. The molecule has 0 aliphatic rings. The molecule has 0 radical (unpaired) electrons. The van der Waals surface area contributed by atoms with Crippen molar-refractivity contribution in [3.8, 4) is 44.8 Å². The summed E-state index contributed by atoms with van der Waals surface area (Å²) in [5, 5.41) is 7.20. The normalized spacial score (nSPS) is 11.3. The first-order valence-electron chi connectivity index (χ1n) is 21.5. The second kappa shape index (κ2) is 15.9. The van der Waals surface area contributed by atoms with Gasteiger partial charge < -0.3 is 13.6 Å². The van der Waals surface area contributed by atoms with E-state index in [1.807, 2.05) is 39.8 Å². The summed E-state index contributed by atoms with van der Waals surface area (Å²) in [5.74, 6) is 0. The third kappa shape index (κ3) is 6.29. The lowest BCUT2D eigenvalue weighted by molar-refractivity contribution is 0.669. The fraction of sp³-hybridized carbons (Fsp3) is 0.0690. The Balaban J connectivity index is 0.00000108. The summed E-state index contributed by atoms with van der Waals surface area (Å²) in [6, 6.07) is 74.6. The molecule has 3 heterocycles. The van der Waals surface area contributed by atoms with E-state index < -0.39 is 0 Å². The second-order valence-electron chi connectivity index (χ2n) is 14.9. The molecule has 0 amide bonds. The number of hydrogen-bond donors (Lipinski definition) is 0. The van der Waals surface area contributed by atoms with Crippen molar-refractivity contribution < 1.29 is 4.42 Å². The van der Waals surface area contributed by atoms with E-state index >= 15 is 0 Å². The van der Waals surface area contributed by atoms with Crippen LogP contribution in [-0.4, -0.2) is 9.13 Å². The summed E-state index contributed by atoms with van der Waals surface area (Å²) in [5.41, 5.74) is 16.1. The van der Waals surface area contributed by atoms with Crippen LogP contribution in [0, 0.1) is 0 Å². The van der Waals surface area contributed by atoms with E-state index in [9.17, 15) is 0 Å². The number of benzene rings is 9. The van der Waals surface area contributed by atoms with E-state index in [0.717, 1.165) is 27.6 Å². The van der Waals surface area contributed by atoms with Gasteiger partial charge in [-0.25, -0.2) is 0 Å². The molecule has 0 saturated carbocycles. The topological polar surface area (TPSA) is 23.0 Å². The minimum atomic E-state index is 0.903. The van der Waals surface area contributed by atoms with E-state index in [-0.39, 0.29) is 0 Å². The molecule has 12 rings (SSSR count). The summed E-state index contributed by atoms with van der Waals surface area (Å²) < 4.78 is 11.0. The van der Waals surface area contributed by atoms with Crippen molar-refractivity contribution in [2.75, 3.05) is 0 Å². The highest BCUT2D eigenvalue weighted by atomic mass is 16.3. The summed E-state index contributed by atoms with van der Waals surface area (Å²) >= 11 is 0. The van der Waals surface area contributed by atoms with Crippen LogP contribution < -0.4 is 0 Å². The number of para-hydroxylation sites is 4. The molecule has 61 heavy (non-hydrogen) atoms. The van der Waals surface area contributed by atoms with Gasteiger partial charge in [0.2, 0.25) is 0 Å². The molecule has 0 N–H and O–H groups in total. The summed E-state index contributed by atoms with van der Waals surface area (Å²) in [4.78, 5) is 0. The van der Waals surface area contributed by atoms with Crippen molar-refractivity contribution in [1.29, 1.82) is 0 Å². The number of nitrogens with zero attached hydrogens (tertiary/aromatic N) is 2. The number of furan rings is 1. The zero-order valence-electron chi connectivity index (χ0n) is 34.9. The summed E-state index contributed by atoms with van der Waals surface area (Å²) in [6.45, 7) is 8.00. The van der Waals surface area contributed by atoms with Crippen LogP contribution in [-0.2, 0) is 0 Å². The average molecular weight is 787 g/mol. The lowest BCUT2D eigenvalue weighted by Gasteiger charge is -2.14. The molecule has 0 bridgehead atoms. The van der Waals surface area contributed by atoms with Gasteiger partial charge in [0.15, 0.2) is 0 Å². The highest BCUT2D eigenvalue weighted by Gasteiger charge is 2.18. The van der Waals surface area contributed by atoms with E-state index in [0.29, 0.717) is 0 Å². The first-order valence-corrected chi connectivity index (χ1v) is 21.5. The zero-order valence-corrected chi connectivity index (χ0v) is 34.9. The van der Waals surface area contributed by atoms with E-state index in [4.69, 9.17) is 4.42 Å². The highest BCUT2D eigenvalue weighted by Crippen LogP contribution is 2.41. The molecule has 0 atom stereocenters. The van der Waals surface area contributed by atoms with Crippen molar-refractivity contribution in [1.82, 2.24) is 9.13 Å². The van der Waals surface area contributed by atoms with Crippen LogP contribution in [0.25, 0.3) is 110 Å². The van der Waals surface area contributed by atoms with Crippen LogP contribution >= 0.6 is 0 Å². The van der Waals surface area contributed by atoms with Gasteiger partial charge in [-0.05, 0) is 94.5 Å². The molecule has 0 aliphatic carbocycles. The Morgan fingerprint density at radius 2 is 0.770 bits per heavy atom. The molecule has 294 valence electrons. The van der Waals surface area contributed by atoms with Gasteiger partial charge in [-0.1, -0.05) is 167 Å². The Morgan fingerprint density at radius 3 is 1.46 bits per heavy atom. The second-order valence-corrected chi connectivity index (χ2v) is 14.9.